The van der Waals surface area contributed by atoms with Crippen molar-refractivity contribution in [2.24, 2.45) is 0 Å². The first-order chi connectivity index (χ1) is 12.1. The number of hydrogen-bond donors (Lipinski definition) is 0. The monoisotopic (exact) mass is 360 g/mol. The van der Waals surface area contributed by atoms with Gasteiger partial charge in [-0.25, -0.2) is 0 Å². The summed E-state index contributed by atoms with van der Waals surface area (Å²) in [6, 6.07) is 6.65. The van der Waals surface area contributed by atoms with Crippen LogP contribution in [0.25, 0.3) is 5.69 Å². The number of alkyl halides is 1. The average molecular weight is 361 g/mol. The second kappa shape index (κ2) is 6.71. The standard InChI is InChI=1S/C19H25ClN4O/c1-3-25-16-6-8-19(20,9-7-16)15-4-5-17-14(10-15)11-23(2)12-18-22-21-13-24(17)18/h4-5,10,13,16H,3,6-9,11-12H2,1-2H3. The van der Waals surface area contributed by atoms with Crippen LogP contribution in [0.5, 0.6) is 0 Å². The molecule has 0 N–H and O–H groups in total. The molecule has 0 radical (unpaired) electrons. The van der Waals surface area contributed by atoms with E-state index in [1.54, 1.807) is 6.33 Å². The highest BCUT2D eigenvalue weighted by Gasteiger charge is 2.36. The van der Waals surface area contributed by atoms with Crippen molar-refractivity contribution in [3.8, 4) is 5.69 Å². The molecule has 0 amide bonds. The molecule has 5 nitrogen and oxygen atoms in total. The zero-order chi connectivity index (χ0) is 17.4. The molecule has 25 heavy (non-hydrogen) atoms. The van der Waals surface area contributed by atoms with Crippen molar-refractivity contribution in [3.05, 3.63) is 41.5 Å². The molecule has 1 fully saturated rings. The molecule has 1 aromatic heterocycles. The Morgan fingerprint density at radius 3 is 2.84 bits per heavy atom. The summed E-state index contributed by atoms with van der Waals surface area (Å²) in [7, 11) is 2.12. The van der Waals surface area contributed by atoms with Gasteiger partial charge in [0.1, 0.15) is 6.33 Å². The lowest BCUT2D eigenvalue weighted by atomic mass is 9.81. The van der Waals surface area contributed by atoms with Crippen molar-refractivity contribution in [2.45, 2.75) is 56.7 Å². The van der Waals surface area contributed by atoms with Crippen LogP contribution in [0.4, 0.5) is 0 Å². The minimum absolute atomic E-state index is 0.274. The molecular formula is C19H25ClN4O. The lowest BCUT2D eigenvalue weighted by Crippen LogP contribution is -2.30. The van der Waals surface area contributed by atoms with Gasteiger partial charge < -0.3 is 4.74 Å². The Bertz CT molecular complexity index is 752. The molecular weight excluding hydrogens is 336 g/mol. The fourth-order valence-electron chi connectivity index (χ4n) is 4.12. The van der Waals surface area contributed by atoms with Gasteiger partial charge in [-0.15, -0.1) is 21.8 Å². The predicted molar refractivity (Wildman–Crippen MR) is 97.9 cm³/mol. The highest BCUT2D eigenvalue weighted by atomic mass is 35.5. The summed E-state index contributed by atoms with van der Waals surface area (Å²) in [6.07, 6.45) is 6.16. The van der Waals surface area contributed by atoms with Gasteiger partial charge in [-0.3, -0.25) is 9.47 Å². The third-order valence-corrected chi connectivity index (χ3v) is 6.05. The minimum Gasteiger partial charge on any atom is -0.379 e. The highest BCUT2D eigenvalue weighted by molar-refractivity contribution is 6.24. The summed E-state index contributed by atoms with van der Waals surface area (Å²) in [5.41, 5.74) is 3.68. The Hall–Kier alpha value is -1.43. The average Bonchev–Trinajstić information content (AvgIpc) is 3.00. The molecule has 4 rings (SSSR count). The van der Waals surface area contributed by atoms with Crippen LogP contribution in [0.2, 0.25) is 0 Å². The predicted octanol–water partition coefficient (Wildman–Crippen LogP) is 3.63. The summed E-state index contributed by atoms with van der Waals surface area (Å²) in [6.45, 7) is 4.53. The maximum absolute atomic E-state index is 7.06. The topological polar surface area (TPSA) is 43.2 Å². The maximum Gasteiger partial charge on any atom is 0.151 e. The van der Waals surface area contributed by atoms with Crippen molar-refractivity contribution in [2.75, 3.05) is 13.7 Å². The molecule has 0 bridgehead atoms. The summed E-state index contributed by atoms with van der Waals surface area (Å²) in [4.78, 5) is 1.99. The second-order valence-electron chi connectivity index (χ2n) is 7.25. The van der Waals surface area contributed by atoms with Gasteiger partial charge in [0.25, 0.3) is 0 Å². The number of rotatable bonds is 3. The summed E-state index contributed by atoms with van der Waals surface area (Å²) >= 11 is 7.06. The highest BCUT2D eigenvalue weighted by Crippen LogP contribution is 2.44. The largest absolute Gasteiger partial charge is 0.379 e. The number of ether oxygens (including phenoxy) is 1. The van der Waals surface area contributed by atoms with E-state index in [-0.39, 0.29) is 4.87 Å². The fraction of sp³-hybridized carbons (Fsp3) is 0.579. The van der Waals surface area contributed by atoms with E-state index in [1.807, 2.05) is 0 Å². The molecule has 1 aliphatic carbocycles. The molecule has 6 heteroatoms. The lowest BCUT2D eigenvalue weighted by Gasteiger charge is -2.36. The number of aromatic nitrogens is 3. The van der Waals surface area contributed by atoms with Gasteiger partial charge in [0.2, 0.25) is 0 Å². The van der Waals surface area contributed by atoms with Crippen LogP contribution in [-0.2, 0) is 22.7 Å². The molecule has 2 aromatic rings. The van der Waals surface area contributed by atoms with Crippen LogP contribution in [0.3, 0.4) is 0 Å². The van der Waals surface area contributed by atoms with Crippen molar-refractivity contribution in [3.63, 3.8) is 0 Å². The Morgan fingerprint density at radius 2 is 2.08 bits per heavy atom. The Morgan fingerprint density at radius 1 is 1.28 bits per heavy atom. The van der Waals surface area contributed by atoms with E-state index in [0.29, 0.717) is 6.10 Å². The maximum atomic E-state index is 7.06. The zero-order valence-electron chi connectivity index (χ0n) is 14.9. The van der Waals surface area contributed by atoms with Crippen LogP contribution in [-0.4, -0.2) is 39.4 Å². The van der Waals surface area contributed by atoms with Crippen LogP contribution < -0.4 is 0 Å². The fourth-order valence-corrected chi connectivity index (χ4v) is 4.46. The third kappa shape index (κ3) is 3.21. The van der Waals surface area contributed by atoms with Gasteiger partial charge in [-0.05, 0) is 56.8 Å². The Kier molecular flexibility index (Phi) is 4.56. The number of halogens is 1. The molecule has 2 aliphatic rings. The van der Waals surface area contributed by atoms with Gasteiger partial charge >= 0.3 is 0 Å². The van der Waals surface area contributed by atoms with Crippen LogP contribution in [0.15, 0.2) is 24.5 Å². The number of benzene rings is 1. The van der Waals surface area contributed by atoms with Crippen LogP contribution >= 0.6 is 11.6 Å². The van der Waals surface area contributed by atoms with Gasteiger partial charge in [-0.2, -0.15) is 0 Å². The zero-order valence-corrected chi connectivity index (χ0v) is 15.7. The minimum atomic E-state index is -0.274. The summed E-state index contributed by atoms with van der Waals surface area (Å²) in [5.74, 6) is 0.979. The number of fused-ring (bicyclic) bond motifs is 3. The second-order valence-corrected chi connectivity index (χ2v) is 7.98. The quantitative estimate of drug-likeness (QED) is 0.784. The summed E-state index contributed by atoms with van der Waals surface area (Å²) < 4.78 is 7.87. The molecule has 1 saturated carbocycles. The van der Waals surface area contributed by atoms with Crippen LogP contribution in [0, 0.1) is 0 Å². The van der Waals surface area contributed by atoms with Gasteiger partial charge in [0.15, 0.2) is 5.82 Å². The molecule has 1 aliphatic heterocycles. The van der Waals surface area contributed by atoms with E-state index in [1.165, 1.54) is 11.1 Å². The van der Waals surface area contributed by atoms with Crippen LogP contribution in [0.1, 0.15) is 49.6 Å². The van der Waals surface area contributed by atoms with E-state index in [9.17, 15) is 0 Å². The molecule has 0 unspecified atom stereocenters. The first kappa shape index (κ1) is 17.0. The van der Waals surface area contributed by atoms with Crippen molar-refractivity contribution >= 4 is 11.6 Å². The summed E-state index contributed by atoms with van der Waals surface area (Å²) in [5, 5.41) is 8.33. The Labute approximate surface area is 153 Å². The first-order valence-corrected chi connectivity index (χ1v) is 9.48. The molecule has 0 saturated heterocycles. The molecule has 0 atom stereocenters. The molecule has 2 heterocycles. The number of nitrogens with zero attached hydrogens (tertiary/aromatic N) is 4. The molecule has 134 valence electrons. The number of hydrogen-bond acceptors (Lipinski definition) is 4. The molecule has 0 spiro atoms. The molecule has 1 aromatic carbocycles. The van der Waals surface area contributed by atoms with E-state index in [4.69, 9.17) is 16.3 Å². The Balaban J connectivity index is 1.64. The van der Waals surface area contributed by atoms with Crippen molar-refractivity contribution < 1.29 is 4.74 Å². The van der Waals surface area contributed by atoms with E-state index >= 15 is 0 Å². The van der Waals surface area contributed by atoms with E-state index in [0.717, 1.165) is 56.9 Å². The van der Waals surface area contributed by atoms with Gasteiger partial charge in [0.05, 0.1) is 23.2 Å². The third-order valence-electron chi connectivity index (χ3n) is 5.45. The first-order valence-electron chi connectivity index (χ1n) is 9.11. The van der Waals surface area contributed by atoms with Gasteiger partial charge in [-0.1, -0.05) is 12.1 Å². The van der Waals surface area contributed by atoms with E-state index in [2.05, 4.69) is 51.8 Å². The SMILES string of the molecule is CCOC1CCC(Cl)(c2ccc3c(c2)CN(C)Cc2nncn2-3)CC1. The smallest absolute Gasteiger partial charge is 0.151 e. The van der Waals surface area contributed by atoms with E-state index < -0.39 is 0 Å². The normalized spacial score (nSPS) is 26.8. The van der Waals surface area contributed by atoms with Crippen molar-refractivity contribution in [1.29, 1.82) is 0 Å². The van der Waals surface area contributed by atoms with Gasteiger partial charge in [0, 0.05) is 13.2 Å². The van der Waals surface area contributed by atoms with Crippen molar-refractivity contribution in [1.82, 2.24) is 19.7 Å². The lowest BCUT2D eigenvalue weighted by molar-refractivity contribution is 0.0289.